The molecule has 0 bridgehead atoms. The molecule has 0 radical (unpaired) electrons. The number of carbonyl (C=O) groups is 1. The van der Waals surface area contributed by atoms with Crippen LogP contribution in [0.25, 0.3) is 0 Å². The minimum atomic E-state index is -0.586. The van der Waals surface area contributed by atoms with Crippen molar-refractivity contribution < 1.29 is 9.18 Å². The molecule has 1 aromatic heterocycles. The van der Waals surface area contributed by atoms with E-state index in [-0.39, 0.29) is 11.3 Å². The van der Waals surface area contributed by atoms with Crippen LogP contribution >= 0.6 is 0 Å². The first kappa shape index (κ1) is 11.5. The van der Waals surface area contributed by atoms with Gasteiger partial charge in [0, 0.05) is 11.8 Å². The second-order valence-corrected chi connectivity index (χ2v) is 4.06. The lowest BCUT2D eigenvalue weighted by Gasteiger charge is -2.05. The molecule has 0 saturated heterocycles. The summed E-state index contributed by atoms with van der Waals surface area (Å²) in [6.45, 7) is 3.82. The minimum absolute atomic E-state index is 0.0602. The highest BCUT2D eigenvalue weighted by Crippen LogP contribution is 2.15. The second kappa shape index (κ2) is 4.45. The number of carbonyl (C=O) groups excluding carboxylic acids is 1. The first-order chi connectivity index (χ1) is 8.08. The van der Waals surface area contributed by atoms with Crippen molar-refractivity contribution in [3.8, 4) is 0 Å². The molecule has 0 fully saturated rings. The predicted octanol–water partition coefficient (Wildman–Crippen LogP) is 3.07. The van der Waals surface area contributed by atoms with Crippen LogP contribution in [0.4, 0.5) is 4.39 Å². The topological polar surface area (TPSA) is 30.0 Å². The SMILES string of the molecule is Cc1cc(C)cc(C(=O)c2ccncc2F)c1. The summed E-state index contributed by atoms with van der Waals surface area (Å²) in [7, 11) is 0. The number of pyridine rings is 1. The second-order valence-electron chi connectivity index (χ2n) is 4.06. The van der Waals surface area contributed by atoms with E-state index in [0.717, 1.165) is 17.3 Å². The Morgan fingerprint density at radius 2 is 1.82 bits per heavy atom. The van der Waals surface area contributed by atoms with Crippen molar-refractivity contribution in [1.29, 1.82) is 0 Å². The van der Waals surface area contributed by atoms with Crippen molar-refractivity contribution in [3.05, 3.63) is 64.7 Å². The number of benzene rings is 1. The largest absolute Gasteiger partial charge is 0.288 e. The van der Waals surface area contributed by atoms with E-state index in [4.69, 9.17) is 0 Å². The summed E-state index contributed by atoms with van der Waals surface area (Å²) >= 11 is 0. The van der Waals surface area contributed by atoms with Gasteiger partial charge in [-0.05, 0) is 32.0 Å². The van der Waals surface area contributed by atoms with E-state index in [1.54, 1.807) is 12.1 Å². The zero-order chi connectivity index (χ0) is 12.4. The van der Waals surface area contributed by atoms with Crippen LogP contribution in [0.3, 0.4) is 0 Å². The normalized spacial score (nSPS) is 10.3. The van der Waals surface area contributed by atoms with E-state index in [2.05, 4.69) is 4.98 Å². The van der Waals surface area contributed by atoms with E-state index >= 15 is 0 Å². The molecule has 2 aromatic rings. The van der Waals surface area contributed by atoms with Gasteiger partial charge in [0.05, 0.1) is 11.8 Å². The zero-order valence-electron chi connectivity index (χ0n) is 9.70. The van der Waals surface area contributed by atoms with Gasteiger partial charge in [-0.1, -0.05) is 17.2 Å². The molecule has 0 aliphatic heterocycles. The number of ketones is 1. The third-order valence-corrected chi connectivity index (χ3v) is 2.50. The van der Waals surface area contributed by atoms with Crippen molar-refractivity contribution in [1.82, 2.24) is 4.98 Å². The van der Waals surface area contributed by atoms with Crippen LogP contribution in [0.5, 0.6) is 0 Å². The number of hydrogen-bond donors (Lipinski definition) is 0. The van der Waals surface area contributed by atoms with Gasteiger partial charge in [-0.3, -0.25) is 9.78 Å². The fourth-order valence-electron chi connectivity index (χ4n) is 1.82. The molecule has 0 amide bonds. The molecule has 0 atom stereocenters. The summed E-state index contributed by atoms with van der Waals surface area (Å²) in [6.07, 6.45) is 2.47. The van der Waals surface area contributed by atoms with Crippen molar-refractivity contribution in [2.45, 2.75) is 13.8 Å². The molecule has 86 valence electrons. The number of aryl methyl sites for hydroxylation is 2. The van der Waals surface area contributed by atoms with Gasteiger partial charge in [0.15, 0.2) is 11.6 Å². The molecule has 2 nitrogen and oxygen atoms in total. The van der Waals surface area contributed by atoms with Crippen LogP contribution in [0.2, 0.25) is 0 Å². The van der Waals surface area contributed by atoms with Crippen molar-refractivity contribution in [2.75, 3.05) is 0 Å². The first-order valence-electron chi connectivity index (χ1n) is 5.30. The van der Waals surface area contributed by atoms with Crippen molar-refractivity contribution in [3.63, 3.8) is 0 Å². The highest BCUT2D eigenvalue weighted by atomic mass is 19.1. The van der Waals surface area contributed by atoms with E-state index in [1.807, 2.05) is 19.9 Å². The van der Waals surface area contributed by atoms with E-state index in [9.17, 15) is 9.18 Å². The van der Waals surface area contributed by atoms with E-state index in [1.165, 1.54) is 12.3 Å². The predicted molar refractivity (Wildman–Crippen MR) is 63.5 cm³/mol. The molecular formula is C14H12FNO. The van der Waals surface area contributed by atoms with Crippen molar-refractivity contribution >= 4 is 5.78 Å². The van der Waals surface area contributed by atoms with Gasteiger partial charge in [-0.2, -0.15) is 0 Å². The molecule has 1 heterocycles. The Labute approximate surface area is 99.1 Å². The summed E-state index contributed by atoms with van der Waals surface area (Å²) in [5, 5.41) is 0. The zero-order valence-corrected chi connectivity index (χ0v) is 9.70. The number of rotatable bonds is 2. The van der Waals surface area contributed by atoms with Crippen LogP contribution in [0.1, 0.15) is 27.0 Å². The number of hydrogen-bond acceptors (Lipinski definition) is 2. The number of aromatic nitrogens is 1. The Kier molecular flexibility index (Phi) is 3.00. The standard InChI is InChI=1S/C14H12FNO/c1-9-5-10(2)7-11(6-9)14(17)12-3-4-16-8-13(12)15/h3-8H,1-2H3. The van der Waals surface area contributed by atoms with Crippen LogP contribution < -0.4 is 0 Å². The lowest BCUT2D eigenvalue weighted by molar-refractivity contribution is 0.103. The van der Waals surface area contributed by atoms with Gasteiger partial charge >= 0.3 is 0 Å². The lowest BCUT2D eigenvalue weighted by atomic mass is 10.00. The van der Waals surface area contributed by atoms with E-state index < -0.39 is 5.82 Å². The highest BCUT2D eigenvalue weighted by molar-refractivity contribution is 6.09. The summed E-state index contributed by atoms with van der Waals surface area (Å²) in [5.41, 5.74) is 2.54. The van der Waals surface area contributed by atoms with Gasteiger partial charge in [0.1, 0.15) is 0 Å². The van der Waals surface area contributed by atoms with Crippen LogP contribution in [0, 0.1) is 19.7 Å². The Hall–Kier alpha value is -2.03. The van der Waals surface area contributed by atoms with Crippen LogP contribution in [0.15, 0.2) is 36.7 Å². The molecule has 2 rings (SSSR count). The number of halogens is 1. The van der Waals surface area contributed by atoms with Gasteiger partial charge in [0.2, 0.25) is 0 Å². The highest BCUT2D eigenvalue weighted by Gasteiger charge is 2.14. The number of nitrogens with zero attached hydrogens (tertiary/aromatic N) is 1. The lowest BCUT2D eigenvalue weighted by Crippen LogP contribution is -2.05. The van der Waals surface area contributed by atoms with E-state index in [0.29, 0.717) is 5.56 Å². The maximum absolute atomic E-state index is 13.4. The molecule has 17 heavy (non-hydrogen) atoms. The van der Waals surface area contributed by atoms with Gasteiger partial charge in [-0.25, -0.2) is 4.39 Å². The third kappa shape index (κ3) is 2.38. The van der Waals surface area contributed by atoms with Crippen LogP contribution in [-0.4, -0.2) is 10.8 Å². The third-order valence-electron chi connectivity index (χ3n) is 2.50. The molecule has 0 aliphatic carbocycles. The molecule has 3 heteroatoms. The molecule has 0 aliphatic rings. The fraction of sp³-hybridized carbons (Fsp3) is 0.143. The smallest absolute Gasteiger partial charge is 0.196 e. The van der Waals surface area contributed by atoms with Crippen molar-refractivity contribution in [2.24, 2.45) is 0 Å². The monoisotopic (exact) mass is 229 g/mol. The van der Waals surface area contributed by atoms with Gasteiger partial charge in [-0.15, -0.1) is 0 Å². The Balaban J connectivity index is 2.48. The van der Waals surface area contributed by atoms with Gasteiger partial charge < -0.3 is 0 Å². The summed E-state index contributed by atoms with van der Waals surface area (Å²) in [4.78, 5) is 15.7. The Bertz CT molecular complexity index is 558. The summed E-state index contributed by atoms with van der Waals surface area (Å²) < 4.78 is 13.4. The Morgan fingerprint density at radius 3 is 2.41 bits per heavy atom. The fourth-order valence-corrected chi connectivity index (χ4v) is 1.82. The first-order valence-corrected chi connectivity index (χ1v) is 5.30. The molecule has 0 spiro atoms. The average molecular weight is 229 g/mol. The van der Waals surface area contributed by atoms with Crippen LogP contribution in [-0.2, 0) is 0 Å². The summed E-state index contributed by atoms with van der Waals surface area (Å²) in [5.74, 6) is -0.895. The molecule has 0 saturated carbocycles. The molecule has 1 aromatic carbocycles. The average Bonchev–Trinajstić information content (AvgIpc) is 2.27. The molecule has 0 N–H and O–H groups in total. The quantitative estimate of drug-likeness (QED) is 0.741. The summed E-state index contributed by atoms with van der Waals surface area (Å²) in [6, 6.07) is 6.89. The molecular weight excluding hydrogens is 217 g/mol. The maximum atomic E-state index is 13.4. The Morgan fingerprint density at radius 1 is 1.18 bits per heavy atom. The molecule has 0 unspecified atom stereocenters. The maximum Gasteiger partial charge on any atom is 0.196 e. The van der Waals surface area contributed by atoms with Gasteiger partial charge in [0.25, 0.3) is 0 Å². The minimum Gasteiger partial charge on any atom is -0.288 e.